The summed E-state index contributed by atoms with van der Waals surface area (Å²) in [6, 6.07) is 6.32. The van der Waals surface area contributed by atoms with E-state index in [1.165, 1.54) is 10.4 Å². The van der Waals surface area contributed by atoms with Gasteiger partial charge in [0.2, 0.25) is 10.0 Å². The number of rotatable bonds is 4. The Morgan fingerprint density at radius 1 is 0.900 bits per heavy atom. The molecule has 1 aromatic carbocycles. The molecule has 3 heterocycles. The molecule has 0 aromatic heterocycles. The molecule has 3 saturated heterocycles. The summed E-state index contributed by atoms with van der Waals surface area (Å²) in [5, 5.41) is 0. The first-order valence-electron chi connectivity index (χ1n) is 10.8. The SMILES string of the molecule is O=C(c1cccc(S(=O)(=O)N2CCCCC2)c1)N1CCN(C(=O)C2CCCO2)CC1. The summed E-state index contributed by atoms with van der Waals surface area (Å²) in [6.45, 7) is 3.49. The largest absolute Gasteiger partial charge is 0.368 e. The van der Waals surface area contributed by atoms with E-state index >= 15 is 0 Å². The highest BCUT2D eigenvalue weighted by molar-refractivity contribution is 7.89. The van der Waals surface area contributed by atoms with E-state index in [1.807, 2.05) is 0 Å². The Kier molecular flexibility index (Phi) is 6.40. The molecule has 3 aliphatic rings. The normalized spacial score (nSPS) is 23.5. The average Bonchev–Trinajstić information content (AvgIpc) is 3.34. The highest BCUT2D eigenvalue weighted by Crippen LogP contribution is 2.22. The standard InChI is InChI=1S/C21H29N3O5S/c25-20(22-11-13-23(14-12-22)21(26)19-8-5-15-29-19)17-6-4-7-18(16-17)30(27,28)24-9-2-1-3-10-24/h4,6-7,16,19H,1-3,5,8-15H2. The van der Waals surface area contributed by atoms with Crippen molar-refractivity contribution in [2.45, 2.75) is 43.1 Å². The lowest BCUT2D eigenvalue weighted by molar-refractivity contribution is -0.142. The molecule has 0 spiro atoms. The summed E-state index contributed by atoms with van der Waals surface area (Å²) in [6.07, 6.45) is 4.11. The number of amides is 2. The van der Waals surface area contributed by atoms with Gasteiger partial charge in [-0.2, -0.15) is 4.31 Å². The minimum Gasteiger partial charge on any atom is -0.368 e. The highest BCUT2D eigenvalue weighted by Gasteiger charge is 2.32. The zero-order chi connectivity index (χ0) is 21.1. The Balaban J connectivity index is 1.40. The quantitative estimate of drug-likeness (QED) is 0.712. The minimum atomic E-state index is -3.58. The van der Waals surface area contributed by atoms with Crippen molar-refractivity contribution in [3.63, 3.8) is 0 Å². The summed E-state index contributed by atoms with van der Waals surface area (Å²) < 4.78 is 32.8. The third kappa shape index (κ3) is 4.38. The molecule has 2 amide bonds. The van der Waals surface area contributed by atoms with Crippen LogP contribution in [-0.2, 0) is 19.6 Å². The molecule has 4 rings (SSSR count). The zero-order valence-corrected chi connectivity index (χ0v) is 18.0. The molecule has 1 atom stereocenters. The molecule has 0 bridgehead atoms. The van der Waals surface area contributed by atoms with Crippen molar-refractivity contribution in [2.75, 3.05) is 45.9 Å². The second kappa shape index (κ2) is 9.03. The number of piperidine rings is 1. The van der Waals surface area contributed by atoms with Crippen molar-refractivity contribution < 1.29 is 22.7 Å². The molecular formula is C21H29N3O5S. The first kappa shape index (κ1) is 21.3. The molecule has 1 aromatic rings. The topological polar surface area (TPSA) is 87.2 Å². The Hall–Kier alpha value is -1.97. The summed E-state index contributed by atoms with van der Waals surface area (Å²) in [5.41, 5.74) is 0.368. The van der Waals surface area contributed by atoms with Crippen molar-refractivity contribution in [2.24, 2.45) is 0 Å². The zero-order valence-electron chi connectivity index (χ0n) is 17.2. The van der Waals surface area contributed by atoms with Gasteiger partial charge in [0.05, 0.1) is 4.90 Å². The third-order valence-electron chi connectivity index (χ3n) is 6.12. The van der Waals surface area contributed by atoms with E-state index < -0.39 is 10.0 Å². The summed E-state index contributed by atoms with van der Waals surface area (Å²) in [4.78, 5) is 29.1. The first-order valence-corrected chi connectivity index (χ1v) is 12.2. The fourth-order valence-corrected chi connectivity index (χ4v) is 5.90. The number of sulfonamides is 1. The molecule has 0 N–H and O–H groups in total. The molecule has 8 nitrogen and oxygen atoms in total. The van der Waals surface area contributed by atoms with Crippen LogP contribution in [0.5, 0.6) is 0 Å². The fourth-order valence-electron chi connectivity index (χ4n) is 4.33. The molecule has 1 unspecified atom stereocenters. The van der Waals surface area contributed by atoms with Gasteiger partial charge in [0.1, 0.15) is 6.10 Å². The van der Waals surface area contributed by atoms with Crippen molar-refractivity contribution in [3.8, 4) is 0 Å². The van der Waals surface area contributed by atoms with Crippen LogP contribution in [0.2, 0.25) is 0 Å². The number of nitrogens with zero attached hydrogens (tertiary/aromatic N) is 3. The van der Waals surface area contributed by atoms with Gasteiger partial charge in [-0.05, 0) is 43.9 Å². The van der Waals surface area contributed by atoms with Crippen molar-refractivity contribution >= 4 is 21.8 Å². The van der Waals surface area contributed by atoms with E-state index in [0.29, 0.717) is 51.4 Å². The number of carbonyl (C=O) groups excluding carboxylic acids is 2. The van der Waals surface area contributed by atoms with E-state index in [4.69, 9.17) is 4.74 Å². The Morgan fingerprint density at radius 3 is 2.27 bits per heavy atom. The van der Waals surface area contributed by atoms with Crippen LogP contribution in [0.25, 0.3) is 0 Å². The van der Waals surface area contributed by atoms with E-state index in [9.17, 15) is 18.0 Å². The van der Waals surface area contributed by atoms with Gasteiger partial charge in [0.25, 0.3) is 11.8 Å². The van der Waals surface area contributed by atoms with Crippen LogP contribution in [0, 0.1) is 0 Å². The lowest BCUT2D eigenvalue weighted by Crippen LogP contribution is -2.52. The highest BCUT2D eigenvalue weighted by atomic mass is 32.2. The van der Waals surface area contributed by atoms with Crippen molar-refractivity contribution in [1.82, 2.24) is 14.1 Å². The predicted molar refractivity (Wildman–Crippen MR) is 111 cm³/mol. The van der Waals surface area contributed by atoms with Gasteiger partial charge < -0.3 is 14.5 Å². The maximum Gasteiger partial charge on any atom is 0.254 e. The Morgan fingerprint density at radius 2 is 1.60 bits per heavy atom. The van der Waals surface area contributed by atoms with Crippen LogP contribution in [0.1, 0.15) is 42.5 Å². The molecule has 0 saturated carbocycles. The average molecular weight is 436 g/mol. The van der Waals surface area contributed by atoms with E-state index in [-0.39, 0.29) is 22.8 Å². The first-order chi connectivity index (χ1) is 14.5. The molecule has 9 heteroatoms. The summed E-state index contributed by atoms with van der Waals surface area (Å²) >= 11 is 0. The van der Waals surface area contributed by atoms with E-state index in [2.05, 4.69) is 0 Å². The van der Waals surface area contributed by atoms with Gasteiger partial charge in [0.15, 0.2) is 0 Å². The lowest BCUT2D eigenvalue weighted by atomic mass is 10.1. The number of ether oxygens (including phenoxy) is 1. The Bertz CT molecular complexity index is 884. The Labute approximate surface area is 177 Å². The van der Waals surface area contributed by atoms with E-state index in [0.717, 1.165) is 32.1 Å². The fraction of sp³-hybridized carbons (Fsp3) is 0.619. The summed E-state index contributed by atoms with van der Waals surface area (Å²) in [7, 11) is -3.58. The van der Waals surface area contributed by atoms with Crippen LogP contribution in [0.3, 0.4) is 0 Å². The van der Waals surface area contributed by atoms with E-state index in [1.54, 1.807) is 28.0 Å². The molecule has 3 fully saturated rings. The van der Waals surface area contributed by atoms with Crippen molar-refractivity contribution in [3.05, 3.63) is 29.8 Å². The second-order valence-corrected chi connectivity index (χ2v) is 10.0. The maximum atomic E-state index is 13.0. The van der Waals surface area contributed by atoms with Gasteiger partial charge in [-0.15, -0.1) is 0 Å². The van der Waals surface area contributed by atoms with Crippen LogP contribution in [-0.4, -0.2) is 86.3 Å². The van der Waals surface area contributed by atoms with Gasteiger partial charge in [-0.25, -0.2) is 8.42 Å². The number of benzene rings is 1. The third-order valence-corrected chi connectivity index (χ3v) is 8.01. The second-order valence-electron chi connectivity index (χ2n) is 8.11. The predicted octanol–water partition coefficient (Wildman–Crippen LogP) is 1.32. The van der Waals surface area contributed by atoms with Gasteiger partial charge in [-0.1, -0.05) is 12.5 Å². The molecule has 0 aliphatic carbocycles. The minimum absolute atomic E-state index is 0.00854. The van der Waals surface area contributed by atoms with Crippen LogP contribution >= 0.6 is 0 Å². The monoisotopic (exact) mass is 435 g/mol. The number of hydrogen-bond acceptors (Lipinski definition) is 5. The van der Waals surface area contributed by atoms with Crippen molar-refractivity contribution in [1.29, 1.82) is 0 Å². The molecule has 30 heavy (non-hydrogen) atoms. The van der Waals surface area contributed by atoms with Crippen LogP contribution in [0.15, 0.2) is 29.2 Å². The number of hydrogen-bond donors (Lipinski definition) is 0. The number of carbonyl (C=O) groups is 2. The van der Waals surface area contributed by atoms with Gasteiger partial charge in [-0.3, -0.25) is 9.59 Å². The smallest absolute Gasteiger partial charge is 0.254 e. The summed E-state index contributed by atoms with van der Waals surface area (Å²) in [5.74, 6) is -0.191. The molecule has 164 valence electrons. The van der Waals surface area contributed by atoms with Crippen LogP contribution in [0.4, 0.5) is 0 Å². The van der Waals surface area contributed by atoms with Crippen LogP contribution < -0.4 is 0 Å². The van der Waals surface area contributed by atoms with Gasteiger partial charge in [0, 0.05) is 51.4 Å². The number of piperazine rings is 1. The maximum absolute atomic E-state index is 13.0. The lowest BCUT2D eigenvalue weighted by Gasteiger charge is -2.35. The molecule has 0 radical (unpaired) electrons. The molecule has 3 aliphatic heterocycles. The van der Waals surface area contributed by atoms with Gasteiger partial charge >= 0.3 is 0 Å². The molecular weight excluding hydrogens is 406 g/mol.